The molecule has 1 aliphatic heterocycles. The summed E-state index contributed by atoms with van der Waals surface area (Å²) in [5, 5.41) is 2.22. The molecule has 0 atom stereocenters. The van der Waals surface area contributed by atoms with Gasteiger partial charge in [0, 0.05) is 45.5 Å². The first-order valence-corrected chi connectivity index (χ1v) is 20.7. The van der Waals surface area contributed by atoms with Crippen molar-refractivity contribution in [3.8, 4) is 56.0 Å². The van der Waals surface area contributed by atoms with Gasteiger partial charge in [-0.05, 0) is 117 Å². The molecular formula is C58H40N2O. The standard InChI is InChI=1S/C58H40N2O/c1-5-14-41(15-6-1)43-24-26-44(27-25-43)46-30-34-51(35-31-46)60(50-32-28-45(29-33-50)42-16-7-2-8-17-42)53-38-47-18-13-23-54-55-39-52(36-37-56(55)61-57(40-53)58(47)54)59(48-19-9-3-10-20-48)49-21-11-4-12-22-49/h1-40H. The van der Waals surface area contributed by atoms with E-state index in [0.29, 0.717) is 0 Å². The average Bonchev–Trinajstić information content (AvgIpc) is 3.34. The summed E-state index contributed by atoms with van der Waals surface area (Å²) < 4.78 is 6.91. The third-order valence-corrected chi connectivity index (χ3v) is 11.6. The minimum atomic E-state index is 0.836. The number of ether oxygens (including phenoxy) is 1. The average molecular weight is 781 g/mol. The van der Waals surface area contributed by atoms with Crippen molar-refractivity contribution >= 4 is 44.9 Å². The molecule has 1 heterocycles. The first-order chi connectivity index (χ1) is 30.2. The molecule has 0 amide bonds. The van der Waals surface area contributed by atoms with E-state index in [4.69, 9.17) is 4.74 Å². The smallest absolute Gasteiger partial charge is 0.138 e. The maximum absolute atomic E-state index is 6.91. The van der Waals surface area contributed by atoms with Crippen LogP contribution in [0.2, 0.25) is 0 Å². The molecule has 0 spiro atoms. The predicted octanol–water partition coefficient (Wildman–Crippen LogP) is 16.6. The van der Waals surface area contributed by atoms with Crippen molar-refractivity contribution in [1.29, 1.82) is 0 Å². The van der Waals surface area contributed by atoms with E-state index in [0.717, 1.165) is 67.5 Å². The third kappa shape index (κ3) is 6.88. The molecular weight excluding hydrogens is 741 g/mol. The van der Waals surface area contributed by atoms with Crippen LogP contribution >= 0.6 is 0 Å². The maximum Gasteiger partial charge on any atom is 0.138 e. The lowest BCUT2D eigenvalue weighted by Gasteiger charge is -2.30. The van der Waals surface area contributed by atoms with E-state index < -0.39 is 0 Å². The highest BCUT2D eigenvalue weighted by molar-refractivity contribution is 6.07. The first-order valence-electron chi connectivity index (χ1n) is 20.7. The van der Waals surface area contributed by atoms with Gasteiger partial charge >= 0.3 is 0 Å². The van der Waals surface area contributed by atoms with E-state index in [1.165, 1.54) is 33.4 Å². The van der Waals surface area contributed by atoms with Crippen molar-refractivity contribution < 1.29 is 4.74 Å². The number of hydrogen-bond donors (Lipinski definition) is 0. The van der Waals surface area contributed by atoms with Crippen molar-refractivity contribution in [3.05, 3.63) is 243 Å². The Bertz CT molecular complexity index is 3070. The van der Waals surface area contributed by atoms with E-state index in [9.17, 15) is 0 Å². The highest BCUT2D eigenvalue weighted by Gasteiger charge is 2.25. The van der Waals surface area contributed by atoms with Gasteiger partial charge in [-0.3, -0.25) is 0 Å². The van der Waals surface area contributed by atoms with Gasteiger partial charge in [-0.25, -0.2) is 0 Å². The molecule has 0 saturated heterocycles. The molecule has 0 aromatic heterocycles. The molecule has 0 N–H and O–H groups in total. The molecule has 11 rings (SSSR count). The van der Waals surface area contributed by atoms with Crippen molar-refractivity contribution in [3.63, 3.8) is 0 Å². The lowest BCUT2D eigenvalue weighted by Crippen LogP contribution is -2.11. The molecule has 0 unspecified atom stereocenters. The van der Waals surface area contributed by atoms with Crippen LogP contribution in [-0.4, -0.2) is 0 Å². The highest BCUT2D eigenvalue weighted by atomic mass is 16.5. The fraction of sp³-hybridized carbons (Fsp3) is 0. The molecule has 3 heteroatoms. The summed E-state index contributed by atoms with van der Waals surface area (Å²) in [6.45, 7) is 0. The Morgan fingerprint density at radius 1 is 0.246 bits per heavy atom. The molecule has 0 bridgehead atoms. The van der Waals surface area contributed by atoms with E-state index in [1.54, 1.807) is 0 Å². The Hall–Kier alpha value is -8.14. The fourth-order valence-electron chi connectivity index (χ4n) is 8.65. The van der Waals surface area contributed by atoms with Gasteiger partial charge in [-0.15, -0.1) is 0 Å². The Morgan fingerprint density at radius 2 is 0.656 bits per heavy atom. The lowest BCUT2D eigenvalue weighted by molar-refractivity contribution is 0.487. The van der Waals surface area contributed by atoms with E-state index in [-0.39, 0.29) is 0 Å². The predicted molar refractivity (Wildman–Crippen MR) is 255 cm³/mol. The quantitative estimate of drug-likeness (QED) is 0.145. The van der Waals surface area contributed by atoms with Crippen LogP contribution < -0.4 is 14.5 Å². The Balaban J connectivity index is 0.993. The zero-order valence-electron chi connectivity index (χ0n) is 33.4. The zero-order chi connectivity index (χ0) is 40.5. The van der Waals surface area contributed by atoms with Crippen molar-refractivity contribution in [1.82, 2.24) is 0 Å². The molecule has 288 valence electrons. The second kappa shape index (κ2) is 15.6. The number of rotatable bonds is 9. The zero-order valence-corrected chi connectivity index (χ0v) is 33.4. The van der Waals surface area contributed by atoms with Gasteiger partial charge in [0.1, 0.15) is 11.5 Å². The summed E-state index contributed by atoms with van der Waals surface area (Å²) in [5.41, 5.74) is 15.8. The highest BCUT2D eigenvalue weighted by Crippen LogP contribution is 2.51. The number of fused-ring (bicyclic) bond motifs is 2. The van der Waals surface area contributed by atoms with Gasteiger partial charge in [-0.2, -0.15) is 0 Å². The summed E-state index contributed by atoms with van der Waals surface area (Å²) in [7, 11) is 0. The summed E-state index contributed by atoms with van der Waals surface area (Å²) in [6.07, 6.45) is 0. The largest absolute Gasteiger partial charge is 0.456 e. The van der Waals surface area contributed by atoms with Gasteiger partial charge in [-0.1, -0.05) is 164 Å². The second-order valence-corrected chi connectivity index (χ2v) is 15.4. The lowest BCUT2D eigenvalue weighted by atomic mass is 9.93. The number of nitrogens with zero attached hydrogens (tertiary/aromatic N) is 2. The van der Waals surface area contributed by atoms with E-state index in [2.05, 4.69) is 252 Å². The van der Waals surface area contributed by atoms with Gasteiger partial charge in [0.2, 0.25) is 0 Å². The molecule has 10 aromatic rings. The fourth-order valence-corrected chi connectivity index (χ4v) is 8.65. The van der Waals surface area contributed by atoms with E-state index >= 15 is 0 Å². The Labute approximate surface area is 356 Å². The van der Waals surface area contributed by atoms with Gasteiger partial charge in [0.25, 0.3) is 0 Å². The van der Waals surface area contributed by atoms with Crippen molar-refractivity contribution in [2.24, 2.45) is 0 Å². The van der Waals surface area contributed by atoms with Crippen LogP contribution in [0, 0.1) is 0 Å². The van der Waals surface area contributed by atoms with Crippen molar-refractivity contribution in [2.75, 3.05) is 9.80 Å². The van der Waals surface area contributed by atoms with Crippen LogP contribution in [0.5, 0.6) is 11.5 Å². The molecule has 0 radical (unpaired) electrons. The maximum atomic E-state index is 6.91. The molecule has 61 heavy (non-hydrogen) atoms. The molecule has 3 nitrogen and oxygen atoms in total. The van der Waals surface area contributed by atoms with Crippen LogP contribution in [-0.2, 0) is 0 Å². The molecule has 0 saturated carbocycles. The van der Waals surface area contributed by atoms with Crippen LogP contribution in [0.25, 0.3) is 55.3 Å². The van der Waals surface area contributed by atoms with Gasteiger partial charge in [0.05, 0.1) is 5.69 Å². The summed E-state index contributed by atoms with van der Waals surface area (Å²) in [6, 6.07) is 86.3. The van der Waals surface area contributed by atoms with Gasteiger partial charge < -0.3 is 14.5 Å². The Morgan fingerprint density at radius 3 is 1.16 bits per heavy atom. The third-order valence-electron chi connectivity index (χ3n) is 11.6. The number of para-hydroxylation sites is 2. The van der Waals surface area contributed by atoms with Gasteiger partial charge in [0.15, 0.2) is 0 Å². The number of hydrogen-bond acceptors (Lipinski definition) is 3. The van der Waals surface area contributed by atoms with Crippen LogP contribution in [0.4, 0.5) is 34.1 Å². The molecule has 1 aliphatic rings. The van der Waals surface area contributed by atoms with E-state index in [1.807, 2.05) is 0 Å². The summed E-state index contributed by atoms with van der Waals surface area (Å²) >= 11 is 0. The minimum Gasteiger partial charge on any atom is -0.456 e. The topological polar surface area (TPSA) is 15.7 Å². The summed E-state index contributed by atoms with van der Waals surface area (Å²) in [5.74, 6) is 1.68. The molecule has 0 fully saturated rings. The second-order valence-electron chi connectivity index (χ2n) is 15.4. The molecule has 0 aliphatic carbocycles. The minimum absolute atomic E-state index is 0.836. The normalized spacial score (nSPS) is 11.4. The number of anilines is 6. The van der Waals surface area contributed by atoms with Crippen LogP contribution in [0.15, 0.2) is 243 Å². The van der Waals surface area contributed by atoms with Crippen molar-refractivity contribution in [2.45, 2.75) is 0 Å². The number of benzene rings is 10. The van der Waals surface area contributed by atoms with Crippen LogP contribution in [0.1, 0.15) is 0 Å². The summed E-state index contributed by atoms with van der Waals surface area (Å²) in [4.78, 5) is 4.63. The molecule has 10 aromatic carbocycles. The first kappa shape index (κ1) is 36.0. The van der Waals surface area contributed by atoms with Crippen LogP contribution in [0.3, 0.4) is 0 Å². The Kier molecular flexibility index (Phi) is 9.18. The SMILES string of the molecule is c1ccc(-c2ccc(-c3ccc(N(c4ccc(-c5ccccc5)cc4)c4cc5c6c(cccc6c4)-c4cc(N(c6ccccc6)c6ccccc6)ccc4O5)cc3)cc2)cc1. The monoisotopic (exact) mass is 780 g/mol.